The first-order chi connectivity index (χ1) is 16.0. The fraction of sp³-hybridized carbons (Fsp3) is 0.269. The van der Waals surface area contributed by atoms with Gasteiger partial charge in [-0.15, -0.1) is 0 Å². The van der Waals surface area contributed by atoms with Gasteiger partial charge in [-0.2, -0.15) is 5.10 Å². The molecular weight excluding hydrogens is 430 g/mol. The molecule has 2 aromatic carbocycles. The number of carbonyl (C=O) groups excluding carboxylic acids is 2. The van der Waals surface area contributed by atoms with Crippen LogP contribution in [0.25, 0.3) is 16.7 Å². The molecule has 174 valence electrons. The molecule has 1 amide bonds. The molecule has 0 bridgehead atoms. The van der Waals surface area contributed by atoms with Gasteiger partial charge in [-0.1, -0.05) is 26.8 Å². The number of fused-ring (bicyclic) bond motifs is 1. The molecule has 0 fully saturated rings. The molecule has 0 aliphatic rings. The Labute approximate surface area is 197 Å². The van der Waals surface area contributed by atoms with Gasteiger partial charge in [0.05, 0.1) is 18.4 Å². The van der Waals surface area contributed by atoms with Crippen molar-refractivity contribution in [3.8, 4) is 5.69 Å². The van der Waals surface area contributed by atoms with E-state index in [1.165, 1.54) is 17.1 Å². The third-order valence-corrected chi connectivity index (χ3v) is 5.47. The van der Waals surface area contributed by atoms with Crippen LogP contribution in [0.3, 0.4) is 0 Å². The number of hydrogen-bond acceptors (Lipinski definition) is 5. The average molecular weight is 458 g/mol. The maximum absolute atomic E-state index is 13.0. The number of anilines is 1. The monoisotopic (exact) mass is 457 g/mol. The predicted octanol–water partition coefficient (Wildman–Crippen LogP) is 4.07. The summed E-state index contributed by atoms with van der Waals surface area (Å²) in [5, 5.41) is 7.53. The first kappa shape index (κ1) is 23.1. The topological polar surface area (TPSA) is 98.9 Å². The number of amides is 1. The van der Waals surface area contributed by atoms with Crippen molar-refractivity contribution >= 4 is 28.4 Å². The standard InChI is InChI=1S/C26H27N5O3/c1-16-10-17(2)12-20(11-16)31-23-21(13-28-31)24(33)30(15-27-23)14-22(32)18-6-8-19(9-7-18)29-25(34)26(3,4)5/h6-13,15H,14H2,1-5H3,(H,29,34). The Balaban J connectivity index is 1.56. The van der Waals surface area contributed by atoms with Crippen molar-refractivity contribution in [2.24, 2.45) is 5.41 Å². The second-order valence-electron chi connectivity index (χ2n) is 9.52. The number of carbonyl (C=O) groups is 2. The molecule has 0 spiro atoms. The van der Waals surface area contributed by atoms with Crippen LogP contribution in [0.1, 0.15) is 42.3 Å². The number of nitrogens with one attached hydrogen (secondary N) is 1. The number of hydrogen-bond donors (Lipinski definition) is 1. The fourth-order valence-corrected chi connectivity index (χ4v) is 3.63. The highest BCUT2D eigenvalue weighted by Crippen LogP contribution is 2.19. The van der Waals surface area contributed by atoms with Crippen LogP contribution < -0.4 is 10.9 Å². The highest BCUT2D eigenvalue weighted by Gasteiger charge is 2.21. The Morgan fingerprint density at radius 1 is 1.00 bits per heavy atom. The minimum Gasteiger partial charge on any atom is -0.326 e. The number of ketones is 1. The van der Waals surface area contributed by atoms with Crippen molar-refractivity contribution in [3.05, 3.63) is 82.0 Å². The highest BCUT2D eigenvalue weighted by atomic mass is 16.2. The fourth-order valence-electron chi connectivity index (χ4n) is 3.63. The summed E-state index contributed by atoms with van der Waals surface area (Å²) in [6.45, 7) is 9.33. The molecule has 1 N–H and O–H groups in total. The van der Waals surface area contributed by atoms with Gasteiger partial charge >= 0.3 is 0 Å². The Kier molecular flexibility index (Phi) is 5.91. The smallest absolute Gasteiger partial charge is 0.264 e. The normalized spacial score (nSPS) is 11.6. The first-order valence-corrected chi connectivity index (χ1v) is 11.0. The lowest BCUT2D eigenvalue weighted by atomic mass is 9.95. The highest BCUT2D eigenvalue weighted by molar-refractivity contribution is 5.98. The molecule has 0 radical (unpaired) electrons. The molecule has 8 nitrogen and oxygen atoms in total. The SMILES string of the molecule is Cc1cc(C)cc(-n2ncc3c(=O)n(CC(=O)c4ccc(NC(=O)C(C)(C)C)cc4)cnc32)c1. The van der Waals surface area contributed by atoms with Crippen LogP contribution in [0.4, 0.5) is 5.69 Å². The van der Waals surface area contributed by atoms with Gasteiger partial charge in [0.2, 0.25) is 5.91 Å². The Bertz CT molecular complexity index is 1440. The quantitative estimate of drug-likeness (QED) is 0.456. The van der Waals surface area contributed by atoms with Crippen LogP contribution >= 0.6 is 0 Å². The van der Waals surface area contributed by atoms with Gasteiger partial charge in [-0.3, -0.25) is 19.0 Å². The van der Waals surface area contributed by atoms with E-state index in [2.05, 4.69) is 21.5 Å². The van der Waals surface area contributed by atoms with Crippen molar-refractivity contribution in [1.82, 2.24) is 19.3 Å². The van der Waals surface area contributed by atoms with E-state index in [4.69, 9.17) is 0 Å². The molecule has 2 aromatic heterocycles. The zero-order chi connectivity index (χ0) is 24.6. The van der Waals surface area contributed by atoms with E-state index in [9.17, 15) is 14.4 Å². The number of aryl methyl sites for hydroxylation is 2. The minimum absolute atomic E-state index is 0.112. The van der Waals surface area contributed by atoms with Gasteiger partial charge < -0.3 is 5.32 Å². The van der Waals surface area contributed by atoms with Crippen LogP contribution in [-0.4, -0.2) is 31.0 Å². The number of Topliss-reactive ketones (excluding diaryl/α,β-unsaturated/α-hetero) is 1. The summed E-state index contributed by atoms with van der Waals surface area (Å²) < 4.78 is 2.92. The van der Waals surface area contributed by atoms with Gasteiger partial charge in [-0.05, 0) is 61.4 Å². The van der Waals surface area contributed by atoms with Gasteiger partial charge in [0.15, 0.2) is 11.4 Å². The van der Waals surface area contributed by atoms with E-state index in [0.29, 0.717) is 22.3 Å². The maximum Gasteiger partial charge on any atom is 0.264 e. The zero-order valence-electron chi connectivity index (χ0n) is 19.9. The van der Waals surface area contributed by atoms with Crippen molar-refractivity contribution in [2.45, 2.75) is 41.2 Å². The van der Waals surface area contributed by atoms with E-state index in [0.717, 1.165) is 16.8 Å². The second kappa shape index (κ2) is 8.70. The number of aromatic nitrogens is 4. The molecule has 0 saturated carbocycles. The van der Waals surface area contributed by atoms with E-state index in [1.807, 2.05) is 46.8 Å². The number of benzene rings is 2. The van der Waals surface area contributed by atoms with E-state index in [-0.39, 0.29) is 23.8 Å². The summed E-state index contributed by atoms with van der Waals surface area (Å²) in [5.41, 5.74) is 3.63. The third-order valence-electron chi connectivity index (χ3n) is 5.47. The van der Waals surface area contributed by atoms with Gasteiger partial charge in [0, 0.05) is 16.7 Å². The van der Waals surface area contributed by atoms with E-state index >= 15 is 0 Å². The van der Waals surface area contributed by atoms with Crippen LogP contribution in [0.2, 0.25) is 0 Å². The van der Waals surface area contributed by atoms with E-state index < -0.39 is 5.41 Å². The zero-order valence-corrected chi connectivity index (χ0v) is 19.9. The van der Waals surface area contributed by atoms with Crippen molar-refractivity contribution < 1.29 is 9.59 Å². The van der Waals surface area contributed by atoms with Crippen LogP contribution in [0.15, 0.2) is 59.8 Å². The van der Waals surface area contributed by atoms with Crippen molar-refractivity contribution in [2.75, 3.05) is 5.32 Å². The average Bonchev–Trinajstić information content (AvgIpc) is 3.20. The molecule has 0 unspecified atom stereocenters. The maximum atomic E-state index is 13.0. The van der Waals surface area contributed by atoms with Gasteiger partial charge in [0.1, 0.15) is 11.7 Å². The molecule has 34 heavy (non-hydrogen) atoms. The Morgan fingerprint density at radius 2 is 1.65 bits per heavy atom. The lowest BCUT2D eigenvalue weighted by Gasteiger charge is -2.17. The summed E-state index contributed by atoms with van der Waals surface area (Å²) >= 11 is 0. The molecule has 0 aliphatic carbocycles. The molecule has 2 heterocycles. The van der Waals surface area contributed by atoms with Crippen molar-refractivity contribution in [1.29, 1.82) is 0 Å². The number of rotatable bonds is 5. The summed E-state index contributed by atoms with van der Waals surface area (Å²) in [5.74, 6) is -0.350. The largest absolute Gasteiger partial charge is 0.326 e. The van der Waals surface area contributed by atoms with Gasteiger partial charge in [-0.25, -0.2) is 9.67 Å². The van der Waals surface area contributed by atoms with E-state index in [1.54, 1.807) is 28.9 Å². The first-order valence-electron chi connectivity index (χ1n) is 11.0. The predicted molar refractivity (Wildman–Crippen MR) is 131 cm³/mol. The Morgan fingerprint density at radius 3 is 2.26 bits per heavy atom. The van der Waals surface area contributed by atoms with Crippen LogP contribution in [0, 0.1) is 19.3 Å². The number of nitrogens with zero attached hydrogens (tertiary/aromatic N) is 4. The van der Waals surface area contributed by atoms with Crippen molar-refractivity contribution in [3.63, 3.8) is 0 Å². The molecule has 0 saturated heterocycles. The third kappa shape index (κ3) is 4.66. The molecule has 8 heteroatoms. The molecular formula is C26H27N5O3. The second-order valence-corrected chi connectivity index (χ2v) is 9.52. The summed E-state index contributed by atoms with van der Waals surface area (Å²) in [7, 11) is 0. The van der Waals surface area contributed by atoms with Gasteiger partial charge in [0.25, 0.3) is 5.56 Å². The van der Waals surface area contributed by atoms with Crippen LogP contribution in [0.5, 0.6) is 0 Å². The summed E-state index contributed by atoms with van der Waals surface area (Å²) in [6.07, 6.45) is 2.86. The Hall–Kier alpha value is -4.07. The molecule has 4 rings (SSSR count). The summed E-state index contributed by atoms with van der Waals surface area (Å²) in [6, 6.07) is 12.6. The van der Waals surface area contributed by atoms with Crippen LogP contribution in [-0.2, 0) is 11.3 Å². The lowest BCUT2D eigenvalue weighted by molar-refractivity contribution is -0.123. The lowest BCUT2D eigenvalue weighted by Crippen LogP contribution is -2.27. The molecule has 4 aromatic rings. The summed E-state index contributed by atoms with van der Waals surface area (Å²) in [4.78, 5) is 42.4. The molecule has 0 aliphatic heterocycles. The minimum atomic E-state index is -0.521. The molecule has 0 atom stereocenters.